The normalized spacial score (nSPS) is 16.8. The summed E-state index contributed by atoms with van der Waals surface area (Å²) < 4.78 is 2.19. The summed E-state index contributed by atoms with van der Waals surface area (Å²) in [5, 5.41) is 3.12. The first-order chi connectivity index (χ1) is 10.8. The molecule has 0 atom stereocenters. The molecule has 0 radical (unpaired) electrons. The molecule has 6 heteroatoms. The average molecular weight is 300 g/mol. The van der Waals surface area contributed by atoms with Gasteiger partial charge in [0.15, 0.2) is 0 Å². The summed E-state index contributed by atoms with van der Waals surface area (Å²) in [7, 11) is 0. The fourth-order valence-corrected chi connectivity index (χ4v) is 2.96. The topological polar surface area (TPSA) is 58.9 Å². The molecule has 1 aliphatic rings. The lowest BCUT2D eigenvalue weighted by atomic mass is 9.96. The van der Waals surface area contributed by atoms with Crippen LogP contribution in [0.25, 0.3) is 0 Å². The molecule has 2 aromatic heterocycles. The highest BCUT2D eigenvalue weighted by Gasteiger charge is 2.19. The fourth-order valence-electron chi connectivity index (χ4n) is 2.96. The Labute approximate surface area is 131 Å². The molecule has 1 fully saturated rings. The van der Waals surface area contributed by atoms with E-state index in [0.717, 1.165) is 38.6 Å². The third-order valence-corrected chi connectivity index (χ3v) is 4.18. The molecule has 0 unspecified atom stereocenters. The van der Waals surface area contributed by atoms with Crippen LogP contribution in [0.2, 0.25) is 0 Å². The molecule has 22 heavy (non-hydrogen) atoms. The van der Waals surface area contributed by atoms with Crippen molar-refractivity contribution in [2.24, 2.45) is 5.92 Å². The van der Waals surface area contributed by atoms with Crippen LogP contribution in [0.15, 0.2) is 31.1 Å². The number of piperidine rings is 1. The van der Waals surface area contributed by atoms with Crippen molar-refractivity contribution < 1.29 is 0 Å². The van der Waals surface area contributed by atoms with Crippen molar-refractivity contribution in [1.82, 2.24) is 24.4 Å². The molecule has 6 nitrogen and oxygen atoms in total. The smallest absolute Gasteiger partial charge is 0.222 e. The zero-order chi connectivity index (χ0) is 15.2. The number of likely N-dealkylation sites (tertiary alicyclic amines) is 1. The van der Waals surface area contributed by atoms with Crippen molar-refractivity contribution in [2.75, 3.05) is 25.0 Å². The van der Waals surface area contributed by atoms with Gasteiger partial charge in [0.1, 0.15) is 0 Å². The van der Waals surface area contributed by atoms with E-state index in [1.807, 2.05) is 31.8 Å². The zero-order valence-corrected chi connectivity index (χ0v) is 13.1. The van der Waals surface area contributed by atoms with Crippen molar-refractivity contribution in [3.8, 4) is 0 Å². The molecule has 3 rings (SSSR count). The molecule has 0 amide bonds. The number of aromatic nitrogens is 4. The van der Waals surface area contributed by atoms with E-state index in [-0.39, 0.29) is 0 Å². The van der Waals surface area contributed by atoms with Gasteiger partial charge in [-0.3, -0.25) is 4.90 Å². The maximum atomic E-state index is 4.34. The molecule has 1 saturated heterocycles. The van der Waals surface area contributed by atoms with Gasteiger partial charge >= 0.3 is 0 Å². The minimum absolute atomic E-state index is 0.713. The van der Waals surface area contributed by atoms with Gasteiger partial charge in [-0.1, -0.05) is 0 Å². The number of hydrogen-bond donors (Lipinski definition) is 1. The summed E-state index contributed by atoms with van der Waals surface area (Å²) in [6, 6.07) is 0. The molecule has 0 spiro atoms. The second-order valence-corrected chi connectivity index (χ2v) is 5.92. The van der Waals surface area contributed by atoms with Crippen LogP contribution in [-0.4, -0.2) is 44.1 Å². The van der Waals surface area contributed by atoms with Gasteiger partial charge in [0.2, 0.25) is 5.95 Å². The van der Waals surface area contributed by atoms with Gasteiger partial charge in [0.25, 0.3) is 0 Å². The maximum Gasteiger partial charge on any atom is 0.222 e. The first kappa shape index (κ1) is 15.0. The highest BCUT2D eigenvalue weighted by molar-refractivity contribution is 5.24. The summed E-state index contributed by atoms with van der Waals surface area (Å²) in [4.78, 5) is 15.3. The Hall–Kier alpha value is -1.95. The van der Waals surface area contributed by atoms with E-state index in [1.165, 1.54) is 18.4 Å². The fraction of sp³-hybridized carbons (Fsp3) is 0.562. The van der Waals surface area contributed by atoms with Crippen molar-refractivity contribution in [1.29, 1.82) is 0 Å². The van der Waals surface area contributed by atoms with Gasteiger partial charge in [-0.05, 0) is 38.8 Å². The van der Waals surface area contributed by atoms with Gasteiger partial charge < -0.3 is 9.88 Å². The van der Waals surface area contributed by atoms with Crippen molar-refractivity contribution in [2.45, 2.75) is 32.9 Å². The summed E-state index contributed by atoms with van der Waals surface area (Å²) in [5.41, 5.74) is 1.19. The minimum atomic E-state index is 0.713. The van der Waals surface area contributed by atoms with Crippen molar-refractivity contribution >= 4 is 5.95 Å². The summed E-state index contributed by atoms with van der Waals surface area (Å²) >= 11 is 0. The Morgan fingerprint density at radius 3 is 2.64 bits per heavy atom. The van der Waals surface area contributed by atoms with Crippen LogP contribution in [0, 0.1) is 5.92 Å². The van der Waals surface area contributed by atoms with Crippen LogP contribution in [0.4, 0.5) is 5.95 Å². The molecule has 118 valence electrons. The first-order valence-electron chi connectivity index (χ1n) is 8.06. The Morgan fingerprint density at radius 1 is 1.23 bits per heavy atom. The predicted molar refractivity (Wildman–Crippen MR) is 86.4 cm³/mol. The Morgan fingerprint density at radius 2 is 2.00 bits per heavy atom. The van der Waals surface area contributed by atoms with Crippen LogP contribution in [0.3, 0.4) is 0 Å². The second-order valence-electron chi connectivity index (χ2n) is 5.92. The van der Waals surface area contributed by atoms with Gasteiger partial charge in [0, 0.05) is 50.0 Å². The highest BCUT2D eigenvalue weighted by atomic mass is 15.1. The number of rotatable bonds is 6. The van der Waals surface area contributed by atoms with E-state index in [1.54, 1.807) is 0 Å². The first-order valence-corrected chi connectivity index (χ1v) is 8.06. The summed E-state index contributed by atoms with van der Waals surface area (Å²) in [6.07, 6.45) is 12.2. The molecule has 0 aromatic carbocycles. The minimum Gasteiger partial charge on any atom is -0.355 e. The summed E-state index contributed by atoms with van der Waals surface area (Å²) in [5.74, 6) is 1.48. The number of hydrogen-bond acceptors (Lipinski definition) is 5. The number of anilines is 1. The van der Waals surface area contributed by atoms with E-state index in [0.29, 0.717) is 5.95 Å². The van der Waals surface area contributed by atoms with Crippen LogP contribution in [0.1, 0.15) is 25.3 Å². The monoisotopic (exact) mass is 300 g/mol. The van der Waals surface area contributed by atoms with E-state index in [4.69, 9.17) is 0 Å². The molecule has 0 saturated carbocycles. The third kappa shape index (κ3) is 4.04. The molecular formula is C16H24N6. The van der Waals surface area contributed by atoms with Crippen LogP contribution >= 0.6 is 0 Å². The van der Waals surface area contributed by atoms with E-state index < -0.39 is 0 Å². The van der Waals surface area contributed by atoms with E-state index in [9.17, 15) is 0 Å². The molecule has 3 heterocycles. The van der Waals surface area contributed by atoms with E-state index in [2.05, 4.69) is 35.9 Å². The predicted octanol–water partition coefficient (Wildman–Crippen LogP) is 2.02. The van der Waals surface area contributed by atoms with Crippen molar-refractivity contribution in [3.63, 3.8) is 0 Å². The molecule has 1 N–H and O–H groups in total. The van der Waals surface area contributed by atoms with Crippen LogP contribution in [0.5, 0.6) is 0 Å². The Kier molecular flexibility index (Phi) is 5.00. The van der Waals surface area contributed by atoms with Gasteiger partial charge in [-0.2, -0.15) is 0 Å². The lowest BCUT2D eigenvalue weighted by Gasteiger charge is -2.31. The van der Waals surface area contributed by atoms with Gasteiger partial charge in [-0.15, -0.1) is 0 Å². The second kappa shape index (κ2) is 7.35. The molecule has 2 aromatic rings. The highest BCUT2D eigenvalue weighted by Crippen LogP contribution is 2.20. The van der Waals surface area contributed by atoms with Crippen molar-refractivity contribution in [3.05, 3.63) is 36.7 Å². The van der Waals surface area contributed by atoms with Crippen LogP contribution in [-0.2, 0) is 13.1 Å². The Bertz CT molecular complexity index is 543. The molecule has 1 aliphatic heterocycles. The van der Waals surface area contributed by atoms with Crippen LogP contribution < -0.4 is 5.32 Å². The number of nitrogens with one attached hydrogen (secondary N) is 1. The molecule has 0 aliphatic carbocycles. The number of nitrogens with zero attached hydrogens (tertiary/aromatic N) is 5. The number of imidazole rings is 1. The standard InChI is InChI=1S/C16H24N6/c1-2-18-16-19-9-15(10-20-16)12-21-6-3-14(4-7-21)11-22-8-5-17-13-22/h5,8-10,13-14H,2-4,6-7,11-12H2,1H3,(H,18,19,20). The van der Waals surface area contributed by atoms with Gasteiger partial charge in [-0.25, -0.2) is 15.0 Å². The lowest BCUT2D eigenvalue weighted by Crippen LogP contribution is -2.34. The third-order valence-electron chi connectivity index (χ3n) is 4.18. The lowest BCUT2D eigenvalue weighted by molar-refractivity contribution is 0.167. The molecular weight excluding hydrogens is 276 g/mol. The molecule has 0 bridgehead atoms. The SMILES string of the molecule is CCNc1ncc(CN2CCC(Cn3ccnc3)CC2)cn1. The zero-order valence-electron chi connectivity index (χ0n) is 13.1. The largest absolute Gasteiger partial charge is 0.355 e. The van der Waals surface area contributed by atoms with E-state index >= 15 is 0 Å². The quantitative estimate of drug-likeness (QED) is 0.884. The summed E-state index contributed by atoms with van der Waals surface area (Å²) in [6.45, 7) is 7.23. The van der Waals surface area contributed by atoms with Gasteiger partial charge in [0.05, 0.1) is 6.33 Å². The Balaban J connectivity index is 1.45. The maximum absolute atomic E-state index is 4.34. The average Bonchev–Trinajstić information content (AvgIpc) is 3.04.